The van der Waals surface area contributed by atoms with E-state index in [2.05, 4.69) is 6.58 Å². The first-order valence-corrected chi connectivity index (χ1v) is 4.60. The molecule has 0 aliphatic heterocycles. The molecule has 2 nitrogen and oxygen atoms in total. The van der Waals surface area contributed by atoms with Crippen LogP contribution in [0.3, 0.4) is 0 Å². The first-order valence-electron chi connectivity index (χ1n) is 4.60. The van der Waals surface area contributed by atoms with Crippen molar-refractivity contribution in [2.45, 2.75) is 39.4 Å². The minimum Gasteiger partial charge on any atom is -0.376 e. The molecule has 2 unspecified atom stereocenters. The molecule has 0 aliphatic rings. The van der Waals surface area contributed by atoms with Crippen molar-refractivity contribution in [1.29, 1.82) is 0 Å². The van der Waals surface area contributed by atoms with Gasteiger partial charge in [-0.3, -0.25) is 0 Å². The zero-order chi connectivity index (χ0) is 9.40. The second-order valence-corrected chi connectivity index (χ2v) is 2.68. The molecular weight excluding hydrogens is 152 g/mol. The second kappa shape index (κ2) is 7.32. The van der Waals surface area contributed by atoms with Crippen molar-refractivity contribution in [2.75, 3.05) is 13.2 Å². The minimum absolute atomic E-state index is 0.160. The molecule has 0 amide bonds. The largest absolute Gasteiger partial charge is 0.376 e. The maximum Gasteiger partial charge on any atom is 0.0867 e. The van der Waals surface area contributed by atoms with Crippen molar-refractivity contribution < 1.29 is 9.47 Å². The topological polar surface area (TPSA) is 18.5 Å². The third-order valence-electron chi connectivity index (χ3n) is 1.73. The molecule has 0 radical (unpaired) electrons. The summed E-state index contributed by atoms with van der Waals surface area (Å²) in [5.41, 5.74) is 0. The highest BCUT2D eigenvalue weighted by atomic mass is 16.5. The van der Waals surface area contributed by atoms with Crippen molar-refractivity contribution in [2.24, 2.45) is 0 Å². The third kappa shape index (κ3) is 4.52. The van der Waals surface area contributed by atoms with Gasteiger partial charge in [0.2, 0.25) is 0 Å². The molecule has 0 bridgehead atoms. The second-order valence-electron chi connectivity index (χ2n) is 2.68. The quantitative estimate of drug-likeness (QED) is 0.549. The molecule has 0 aromatic heterocycles. The maximum atomic E-state index is 5.50. The van der Waals surface area contributed by atoms with E-state index in [4.69, 9.17) is 9.47 Å². The van der Waals surface area contributed by atoms with Gasteiger partial charge in [-0.2, -0.15) is 0 Å². The highest BCUT2D eigenvalue weighted by molar-refractivity contribution is 4.77. The lowest BCUT2D eigenvalue weighted by Crippen LogP contribution is -2.28. The molecule has 0 N–H and O–H groups in total. The van der Waals surface area contributed by atoms with Crippen LogP contribution in [0.1, 0.15) is 27.2 Å². The summed E-state index contributed by atoms with van der Waals surface area (Å²) in [6, 6.07) is 0. The summed E-state index contributed by atoms with van der Waals surface area (Å²) in [4.78, 5) is 0. The van der Waals surface area contributed by atoms with E-state index in [0.29, 0.717) is 0 Å². The molecule has 0 aromatic carbocycles. The van der Waals surface area contributed by atoms with E-state index < -0.39 is 0 Å². The van der Waals surface area contributed by atoms with E-state index >= 15 is 0 Å². The average molecular weight is 172 g/mol. The molecular formula is C10H20O2. The maximum absolute atomic E-state index is 5.50. The monoisotopic (exact) mass is 172 g/mol. The fourth-order valence-electron chi connectivity index (χ4n) is 1.14. The van der Waals surface area contributed by atoms with Crippen molar-refractivity contribution in [3.8, 4) is 0 Å². The zero-order valence-corrected chi connectivity index (χ0v) is 8.38. The van der Waals surface area contributed by atoms with E-state index in [1.165, 1.54) is 0 Å². The van der Waals surface area contributed by atoms with Crippen LogP contribution in [0.15, 0.2) is 12.7 Å². The van der Waals surface area contributed by atoms with Gasteiger partial charge in [-0.05, 0) is 27.2 Å². The standard InChI is InChI=1S/C10H20O2/c1-5-8-10(12-7-3)9(4)11-6-2/h5,9-10H,1,6-8H2,2-4H3. The predicted molar refractivity (Wildman–Crippen MR) is 51.3 cm³/mol. The van der Waals surface area contributed by atoms with Gasteiger partial charge in [-0.1, -0.05) is 6.08 Å². The van der Waals surface area contributed by atoms with Gasteiger partial charge in [0.25, 0.3) is 0 Å². The van der Waals surface area contributed by atoms with Crippen LogP contribution in [0.2, 0.25) is 0 Å². The molecule has 0 aromatic rings. The Morgan fingerprint density at radius 3 is 2.25 bits per heavy atom. The summed E-state index contributed by atoms with van der Waals surface area (Å²) in [5, 5.41) is 0. The Bertz CT molecular complexity index is 112. The van der Waals surface area contributed by atoms with Gasteiger partial charge in [0.15, 0.2) is 0 Å². The van der Waals surface area contributed by atoms with Crippen LogP contribution in [-0.4, -0.2) is 25.4 Å². The fourth-order valence-corrected chi connectivity index (χ4v) is 1.14. The summed E-state index contributed by atoms with van der Waals surface area (Å²) in [6.45, 7) is 11.2. The molecule has 0 heterocycles. The lowest BCUT2D eigenvalue weighted by atomic mass is 10.1. The fraction of sp³-hybridized carbons (Fsp3) is 0.800. The Morgan fingerprint density at radius 2 is 1.83 bits per heavy atom. The third-order valence-corrected chi connectivity index (χ3v) is 1.73. The summed E-state index contributed by atoms with van der Waals surface area (Å²) in [6.07, 6.45) is 3.05. The molecule has 2 atom stereocenters. The summed E-state index contributed by atoms with van der Waals surface area (Å²) >= 11 is 0. The predicted octanol–water partition coefficient (Wildman–Crippen LogP) is 2.39. The van der Waals surface area contributed by atoms with Crippen molar-refractivity contribution in [3.05, 3.63) is 12.7 Å². The van der Waals surface area contributed by atoms with Gasteiger partial charge in [0.1, 0.15) is 0 Å². The Hall–Kier alpha value is -0.340. The summed E-state index contributed by atoms with van der Waals surface area (Å²) < 4.78 is 10.9. The van der Waals surface area contributed by atoms with Crippen molar-refractivity contribution in [3.63, 3.8) is 0 Å². The zero-order valence-electron chi connectivity index (χ0n) is 8.38. The van der Waals surface area contributed by atoms with Crippen LogP contribution in [0.25, 0.3) is 0 Å². The SMILES string of the molecule is C=CCC(OCC)C(C)OCC. The van der Waals surface area contributed by atoms with E-state index in [1.807, 2.05) is 26.8 Å². The van der Waals surface area contributed by atoms with E-state index in [1.54, 1.807) is 0 Å². The summed E-state index contributed by atoms with van der Waals surface area (Å²) in [5.74, 6) is 0. The molecule has 0 saturated heterocycles. The van der Waals surface area contributed by atoms with Gasteiger partial charge >= 0.3 is 0 Å². The van der Waals surface area contributed by atoms with E-state index in [9.17, 15) is 0 Å². The minimum atomic E-state index is 0.160. The summed E-state index contributed by atoms with van der Waals surface area (Å²) in [7, 11) is 0. The molecule has 0 fully saturated rings. The van der Waals surface area contributed by atoms with Gasteiger partial charge < -0.3 is 9.47 Å². The Labute approximate surface area is 75.6 Å². The molecule has 72 valence electrons. The number of hydrogen-bond acceptors (Lipinski definition) is 2. The van der Waals surface area contributed by atoms with Crippen molar-refractivity contribution in [1.82, 2.24) is 0 Å². The molecule has 2 heteroatoms. The van der Waals surface area contributed by atoms with Crippen LogP contribution in [0, 0.1) is 0 Å². The number of rotatable bonds is 7. The van der Waals surface area contributed by atoms with Gasteiger partial charge in [-0.25, -0.2) is 0 Å². The molecule has 0 saturated carbocycles. The first kappa shape index (κ1) is 11.7. The van der Waals surface area contributed by atoms with Crippen LogP contribution >= 0.6 is 0 Å². The highest BCUT2D eigenvalue weighted by Crippen LogP contribution is 2.08. The lowest BCUT2D eigenvalue weighted by molar-refractivity contribution is -0.0562. The highest BCUT2D eigenvalue weighted by Gasteiger charge is 2.15. The van der Waals surface area contributed by atoms with Gasteiger partial charge in [0, 0.05) is 13.2 Å². The molecule has 0 rings (SSSR count). The van der Waals surface area contributed by atoms with Crippen LogP contribution < -0.4 is 0 Å². The molecule has 12 heavy (non-hydrogen) atoms. The number of ether oxygens (including phenoxy) is 2. The average Bonchev–Trinajstić information content (AvgIpc) is 2.04. The normalized spacial score (nSPS) is 15.6. The van der Waals surface area contributed by atoms with Crippen LogP contribution in [-0.2, 0) is 9.47 Å². The van der Waals surface area contributed by atoms with E-state index in [0.717, 1.165) is 19.6 Å². The van der Waals surface area contributed by atoms with Gasteiger partial charge in [-0.15, -0.1) is 6.58 Å². The van der Waals surface area contributed by atoms with E-state index in [-0.39, 0.29) is 12.2 Å². The Morgan fingerprint density at radius 1 is 1.25 bits per heavy atom. The van der Waals surface area contributed by atoms with Crippen LogP contribution in [0.5, 0.6) is 0 Å². The molecule has 0 spiro atoms. The van der Waals surface area contributed by atoms with Crippen molar-refractivity contribution >= 4 is 0 Å². The van der Waals surface area contributed by atoms with Crippen LogP contribution in [0.4, 0.5) is 0 Å². The van der Waals surface area contributed by atoms with Gasteiger partial charge in [0.05, 0.1) is 12.2 Å². The Balaban J connectivity index is 3.80. The molecule has 0 aliphatic carbocycles. The Kier molecular flexibility index (Phi) is 7.11. The lowest BCUT2D eigenvalue weighted by Gasteiger charge is -2.22. The first-order chi connectivity index (χ1) is 5.76. The smallest absolute Gasteiger partial charge is 0.0867 e. The number of hydrogen-bond donors (Lipinski definition) is 0.